The van der Waals surface area contributed by atoms with Crippen molar-refractivity contribution in [3.05, 3.63) is 65.7 Å². The standard InChI is InChI=1S/C19H18O4S/c20-16-11-19(22)24-18(16)10-13-6-8-15(9-7-13)23-12-17(21)14-4-2-1-3-5-14/h1-9,17-18,21H,10-12H2/t17-,18?/m0/s1. The van der Waals surface area contributed by atoms with Crippen molar-refractivity contribution in [2.24, 2.45) is 0 Å². The number of carbonyl (C=O) groups is 2. The van der Waals surface area contributed by atoms with Crippen molar-refractivity contribution in [2.45, 2.75) is 24.2 Å². The molecule has 2 aromatic carbocycles. The van der Waals surface area contributed by atoms with Gasteiger partial charge in [0.25, 0.3) is 0 Å². The van der Waals surface area contributed by atoms with Crippen LogP contribution in [0.2, 0.25) is 0 Å². The maximum absolute atomic E-state index is 11.7. The van der Waals surface area contributed by atoms with Gasteiger partial charge in [-0.05, 0) is 29.7 Å². The van der Waals surface area contributed by atoms with E-state index >= 15 is 0 Å². The fraction of sp³-hybridized carbons (Fsp3) is 0.263. The molecule has 0 radical (unpaired) electrons. The molecule has 1 heterocycles. The monoisotopic (exact) mass is 342 g/mol. The molecule has 0 spiro atoms. The fourth-order valence-corrected chi connectivity index (χ4v) is 3.59. The van der Waals surface area contributed by atoms with Gasteiger partial charge in [0.15, 0.2) is 10.9 Å². The molecule has 5 heteroatoms. The lowest BCUT2D eigenvalue weighted by atomic mass is 10.1. The van der Waals surface area contributed by atoms with Crippen LogP contribution in [0.4, 0.5) is 0 Å². The third-order valence-electron chi connectivity index (χ3n) is 3.89. The summed E-state index contributed by atoms with van der Waals surface area (Å²) in [5, 5.41) is 9.78. The van der Waals surface area contributed by atoms with Crippen molar-refractivity contribution in [3.63, 3.8) is 0 Å². The summed E-state index contributed by atoms with van der Waals surface area (Å²) >= 11 is 1.13. The highest BCUT2D eigenvalue weighted by atomic mass is 32.2. The van der Waals surface area contributed by atoms with Gasteiger partial charge >= 0.3 is 0 Å². The maximum Gasteiger partial charge on any atom is 0.197 e. The van der Waals surface area contributed by atoms with Gasteiger partial charge in [-0.25, -0.2) is 0 Å². The van der Waals surface area contributed by atoms with Crippen LogP contribution in [-0.2, 0) is 16.0 Å². The van der Waals surface area contributed by atoms with E-state index in [1.54, 1.807) is 0 Å². The number of aliphatic hydroxyl groups is 1. The lowest BCUT2D eigenvalue weighted by molar-refractivity contribution is -0.121. The lowest BCUT2D eigenvalue weighted by Gasteiger charge is -2.13. The molecule has 0 bridgehead atoms. The van der Waals surface area contributed by atoms with Gasteiger partial charge in [-0.2, -0.15) is 0 Å². The molecule has 0 amide bonds. The van der Waals surface area contributed by atoms with Gasteiger partial charge in [-0.3, -0.25) is 9.59 Å². The van der Waals surface area contributed by atoms with Gasteiger partial charge in [0.2, 0.25) is 0 Å². The highest BCUT2D eigenvalue weighted by molar-refractivity contribution is 8.15. The zero-order valence-electron chi connectivity index (χ0n) is 13.1. The van der Waals surface area contributed by atoms with Crippen molar-refractivity contribution < 1.29 is 19.4 Å². The predicted molar refractivity (Wildman–Crippen MR) is 93.1 cm³/mol. The Hall–Kier alpha value is -2.11. The number of thioether (sulfide) groups is 1. The quantitative estimate of drug-likeness (QED) is 0.818. The highest BCUT2D eigenvalue weighted by Gasteiger charge is 2.31. The van der Waals surface area contributed by atoms with Crippen molar-refractivity contribution in [3.8, 4) is 5.75 Å². The summed E-state index contributed by atoms with van der Waals surface area (Å²) in [6.07, 6.45) is -0.0693. The van der Waals surface area contributed by atoms with E-state index in [1.165, 1.54) is 0 Å². The molecule has 0 aromatic heterocycles. The van der Waals surface area contributed by atoms with Crippen molar-refractivity contribution in [1.29, 1.82) is 0 Å². The molecule has 1 aliphatic heterocycles. The Labute approximate surface area is 144 Å². The Morgan fingerprint density at radius 1 is 1.08 bits per heavy atom. The Kier molecular flexibility index (Phi) is 5.33. The summed E-state index contributed by atoms with van der Waals surface area (Å²) in [5.74, 6) is 0.673. The number of hydrogen-bond acceptors (Lipinski definition) is 5. The molecule has 4 nitrogen and oxygen atoms in total. The Morgan fingerprint density at radius 3 is 2.42 bits per heavy atom. The van der Waals surface area contributed by atoms with Crippen LogP contribution in [0.3, 0.4) is 0 Å². The number of rotatable bonds is 6. The second kappa shape index (κ2) is 7.64. The number of carbonyl (C=O) groups excluding carboxylic acids is 2. The van der Waals surface area contributed by atoms with Crippen LogP contribution in [0.15, 0.2) is 54.6 Å². The van der Waals surface area contributed by atoms with E-state index in [2.05, 4.69) is 0 Å². The van der Waals surface area contributed by atoms with Crippen LogP contribution in [0.5, 0.6) is 5.75 Å². The molecule has 2 atom stereocenters. The van der Waals surface area contributed by atoms with Gasteiger partial charge in [0, 0.05) is 0 Å². The molecule has 1 unspecified atom stereocenters. The summed E-state index contributed by atoms with van der Waals surface area (Å²) in [6.45, 7) is 0.175. The van der Waals surface area contributed by atoms with Crippen molar-refractivity contribution in [1.82, 2.24) is 0 Å². The summed E-state index contributed by atoms with van der Waals surface area (Å²) in [6, 6.07) is 16.8. The number of hydrogen-bond donors (Lipinski definition) is 1. The second-order valence-corrected chi connectivity index (χ2v) is 6.97. The largest absolute Gasteiger partial charge is 0.491 e. The van der Waals surface area contributed by atoms with Gasteiger partial charge in [0.05, 0.1) is 11.7 Å². The molecule has 1 saturated heterocycles. The minimum absolute atomic E-state index is 0.0105. The molecule has 1 aliphatic rings. The van der Waals surface area contributed by atoms with E-state index in [4.69, 9.17) is 4.74 Å². The first-order valence-electron chi connectivity index (χ1n) is 7.79. The highest BCUT2D eigenvalue weighted by Crippen LogP contribution is 2.28. The summed E-state index contributed by atoms with van der Waals surface area (Å²) < 4.78 is 5.61. The average Bonchev–Trinajstić information content (AvgIpc) is 2.92. The fourth-order valence-electron chi connectivity index (χ4n) is 2.56. The Morgan fingerprint density at radius 2 is 1.79 bits per heavy atom. The molecule has 2 aromatic rings. The number of ketones is 1. The van der Waals surface area contributed by atoms with Gasteiger partial charge in [0.1, 0.15) is 18.5 Å². The predicted octanol–water partition coefficient (Wildman–Crippen LogP) is 2.94. The SMILES string of the molecule is O=C1CC(=O)C(Cc2ccc(OC[C@H](O)c3ccccc3)cc2)S1. The minimum Gasteiger partial charge on any atom is -0.491 e. The third kappa shape index (κ3) is 4.24. The minimum atomic E-state index is -0.676. The first-order chi connectivity index (χ1) is 11.6. The molecule has 24 heavy (non-hydrogen) atoms. The molecule has 0 aliphatic carbocycles. The molecular weight excluding hydrogens is 324 g/mol. The zero-order chi connectivity index (χ0) is 16.9. The molecule has 3 rings (SSSR count). The third-order valence-corrected chi connectivity index (χ3v) is 5.01. The molecule has 0 saturated carbocycles. The number of ether oxygens (including phenoxy) is 1. The topological polar surface area (TPSA) is 63.6 Å². The second-order valence-electron chi connectivity index (χ2n) is 5.71. The summed E-state index contributed by atoms with van der Waals surface area (Å²) in [5.41, 5.74) is 1.81. The molecule has 124 valence electrons. The number of benzene rings is 2. The molecule has 1 N–H and O–H groups in total. The molecular formula is C19H18O4S. The number of aliphatic hydroxyl groups excluding tert-OH is 1. The average molecular weight is 342 g/mol. The van der Waals surface area contributed by atoms with Crippen molar-refractivity contribution >= 4 is 22.7 Å². The van der Waals surface area contributed by atoms with Crippen LogP contribution >= 0.6 is 11.8 Å². The summed E-state index contributed by atoms with van der Waals surface area (Å²) in [4.78, 5) is 22.9. The lowest BCUT2D eigenvalue weighted by Crippen LogP contribution is -2.13. The van der Waals surface area contributed by atoms with Crippen LogP contribution in [0, 0.1) is 0 Å². The van der Waals surface area contributed by atoms with E-state index < -0.39 is 6.10 Å². The van der Waals surface area contributed by atoms with E-state index in [0.717, 1.165) is 22.9 Å². The van der Waals surface area contributed by atoms with Crippen LogP contribution in [0.25, 0.3) is 0 Å². The zero-order valence-corrected chi connectivity index (χ0v) is 13.9. The van der Waals surface area contributed by atoms with Crippen LogP contribution < -0.4 is 4.74 Å². The summed E-state index contributed by atoms with van der Waals surface area (Å²) in [7, 11) is 0. The van der Waals surface area contributed by atoms with Crippen LogP contribution in [0.1, 0.15) is 23.7 Å². The number of Topliss-reactive ketones (excluding diaryl/α,β-unsaturated/α-hetero) is 1. The molecule has 1 fully saturated rings. The van der Waals surface area contributed by atoms with E-state index in [-0.39, 0.29) is 29.2 Å². The smallest absolute Gasteiger partial charge is 0.197 e. The van der Waals surface area contributed by atoms with E-state index in [9.17, 15) is 14.7 Å². The van der Waals surface area contributed by atoms with Crippen LogP contribution in [-0.4, -0.2) is 27.9 Å². The first kappa shape index (κ1) is 16.7. The maximum atomic E-state index is 11.7. The van der Waals surface area contributed by atoms with Crippen molar-refractivity contribution in [2.75, 3.05) is 6.61 Å². The van der Waals surface area contributed by atoms with Gasteiger partial charge < -0.3 is 9.84 Å². The van der Waals surface area contributed by atoms with Gasteiger partial charge in [-0.1, -0.05) is 54.2 Å². The van der Waals surface area contributed by atoms with Gasteiger partial charge in [-0.15, -0.1) is 0 Å². The Balaban J connectivity index is 1.53. The first-order valence-corrected chi connectivity index (χ1v) is 8.67. The van der Waals surface area contributed by atoms with E-state index in [1.807, 2.05) is 54.6 Å². The Bertz CT molecular complexity index is 712. The normalized spacial score (nSPS) is 18.6. The van der Waals surface area contributed by atoms with E-state index in [0.29, 0.717) is 12.2 Å².